The summed E-state index contributed by atoms with van der Waals surface area (Å²) in [5, 5.41) is 0.659. The first-order valence-corrected chi connectivity index (χ1v) is 13.2. The van der Waals surface area contributed by atoms with E-state index in [1.165, 1.54) is 0 Å². The maximum atomic E-state index is 13.8. The molecule has 3 atom stereocenters. The monoisotopic (exact) mass is 527 g/mol. The Labute approximate surface area is 228 Å². The van der Waals surface area contributed by atoms with E-state index in [1.807, 2.05) is 85.8 Å². The van der Waals surface area contributed by atoms with Gasteiger partial charge in [-0.1, -0.05) is 72.3 Å². The molecule has 2 aliphatic rings. The van der Waals surface area contributed by atoms with Crippen LogP contribution in [0.1, 0.15) is 48.3 Å². The largest absolute Gasteiger partial charge is 0.496 e. The number of allylic oxidation sites excluding steroid dienone is 2. The van der Waals surface area contributed by atoms with Crippen molar-refractivity contribution >= 4 is 29.1 Å². The van der Waals surface area contributed by atoms with Gasteiger partial charge in [0.2, 0.25) is 0 Å². The Bertz CT molecular complexity index is 1390. The molecule has 0 N–H and O–H groups in total. The molecular weight excluding hydrogens is 498 g/mol. The molecule has 6 heteroatoms. The van der Waals surface area contributed by atoms with Gasteiger partial charge in [0.05, 0.1) is 13.7 Å². The van der Waals surface area contributed by atoms with E-state index in [1.54, 1.807) is 7.11 Å². The third-order valence-corrected chi connectivity index (χ3v) is 7.69. The lowest BCUT2D eigenvalue weighted by atomic mass is 9.69. The highest BCUT2D eigenvalue weighted by molar-refractivity contribution is 6.30. The summed E-state index contributed by atoms with van der Waals surface area (Å²) < 4.78 is 11.5. The molecule has 194 valence electrons. The number of methoxy groups -OCH3 is 1. The van der Waals surface area contributed by atoms with Crippen molar-refractivity contribution in [1.82, 2.24) is 0 Å². The highest BCUT2D eigenvalue weighted by atomic mass is 35.5. The molecule has 0 fully saturated rings. The van der Waals surface area contributed by atoms with Gasteiger partial charge in [-0.3, -0.25) is 14.6 Å². The number of ketones is 1. The van der Waals surface area contributed by atoms with Gasteiger partial charge in [-0.05, 0) is 48.6 Å². The number of halogens is 1. The molecule has 3 aromatic rings. The lowest BCUT2D eigenvalue weighted by Crippen LogP contribution is -2.38. The molecule has 0 saturated heterocycles. The fourth-order valence-corrected chi connectivity index (χ4v) is 5.72. The molecule has 1 heterocycles. The highest BCUT2D eigenvalue weighted by Crippen LogP contribution is 2.48. The molecule has 0 saturated carbocycles. The summed E-state index contributed by atoms with van der Waals surface area (Å²) in [6, 6.07) is 25.1. The van der Waals surface area contributed by atoms with Gasteiger partial charge in [-0.25, -0.2) is 0 Å². The average molecular weight is 528 g/mol. The van der Waals surface area contributed by atoms with Gasteiger partial charge in [0.1, 0.15) is 11.7 Å². The fourth-order valence-electron chi connectivity index (χ4n) is 5.60. The quantitative estimate of drug-likeness (QED) is 0.320. The number of esters is 1. The minimum absolute atomic E-state index is 0.000409. The van der Waals surface area contributed by atoms with E-state index in [-0.39, 0.29) is 24.3 Å². The van der Waals surface area contributed by atoms with Gasteiger partial charge in [0.25, 0.3) is 0 Å². The first-order valence-electron chi connectivity index (χ1n) is 12.9. The standard InChI is InChI=1S/C32H30ClNO4/c1-20-29(32(36)38-17-16-21-8-4-3-5-9-21)30(25-10-6-7-11-28(25)37-2)31-26(34-20)18-23(19-27(31)35)22-12-14-24(33)15-13-22/h3-15,23,29-30H,16-19H2,1-2H3/t23-,29?,30+/m1/s1. The molecule has 1 aliphatic heterocycles. The number of aliphatic imine (C=N–C) groups is 1. The third kappa shape index (κ3) is 5.30. The molecule has 0 aromatic heterocycles. The van der Waals surface area contributed by atoms with E-state index in [4.69, 9.17) is 26.1 Å². The Morgan fingerprint density at radius 2 is 1.68 bits per heavy atom. The minimum Gasteiger partial charge on any atom is -0.496 e. The normalized spacial score (nSPS) is 21.0. The molecule has 0 spiro atoms. The van der Waals surface area contributed by atoms with E-state index in [0.717, 1.165) is 22.4 Å². The van der Waals surface area contributed by atoms with Gasteiger partial charge in [0, 0.05) is 46.3 Å². The number of carbonyl (C=O) groups excluding carboxylic acids is 2. The van der Waals surface area contributed by atoms with Gasteiger partial charge < -0.3 is 9.47 Å². The average Bonchev–Trinajstić information content (AvgIpc) is 2.93. The van der Waals surface area contributed by atoms with Crippen molar-refractivity contribution in [2.45, 2.75) is 38.0 Å². The molecule has 1 unspecified atom stereocenters. The number of benzene rings is 3. The van der Waals surface area contributed by atoms with E-state index in [2.05, 4.69) is 0 Å². The second kappa shape index (κ2) is 11.4. The van der Waals surface area contributed by atoms with Crippen LogP contribution in [0.25, 0.3) is 0 Å². The molecule has 0 radical (unpaired) electrons. The number of hydrogen-bond donors (Lipinski definition) is 0. The van der Waals surface area contributed by atoms with Crippen molar-refractivity contribution in [3.63, 3.8) is 0 Å². The van der Waals surface area contributed by atoms with E-state index >= 15 is 0 Å². The molecule has 0 amide bonds. The van der Waals surface area contributed by atoms with Crippen molar-refractivity contribution in [2.75, 3.05) is 13.7 Å². The number of nitrogens with zero attached hydrogens (tertiary/aromatic N) is 1. The number of Topliss-reactive ketones (excluding diaryl/α,β-unsaturated/α-hetero) is 1. The summed E-state index contributed by atoms with van der Waals surface area (Å²) in [7, 11) is 1.60. The first kappa shape index (κ1) is 25.9. The Morgan fingerprint density at radius 3 is 2.42 bits per heavy atom. The smallest absolute Gasteiger partial charge is 0.315 e. The summed E-state index contributed by atoms with van der Waals surface area (Å²) in [4.78, 5) is 32.2. The maximum Gasteiger partial charge on any atom is 0.315 e. The second-order valence-electron chi connectivity index (χ2n) is 9.79. The van der Waals surface area contributed by atoms with Crippen molar-refractivity contribution in [2.24, 2.45) is 10.9 Å². The van der Waals surface area contributed by atoms with E-state index in [0.29, 0.717) is 41.3 Å². The summed E-state index contributed by atoms with van der Waals surface area (Å²) in [6.07, 6.45) is 1.57. The van der Waals surface area contributed by atoms with Crippen LogP contribution in [0.2, 0.25) is 5.02 Å². The van der Waals surface area contributed by atoms with Crippen LogP contribution >= 0.6 is 11.6 Å². The highest BCUT2D eigenvalue weighted by Gasteiger charge is 2.45. The zero-order valence-corrected chi connectivity index (χ0v) is 22.3. The van der Waals surface area contributed by atoms with Gasteiger partial charge in [-0.15, -0.1) is 0 Å². The first-order chi connectivity index (χ1) is 18.5. The molecule has 3 aromatic carbocycles. The lowest BCUT2D eigenvalue weighted by molar-refractivity contribution is -0.146. The lowest BCUT2D eigenvalue weighted by Gasteiger charge is -2.37. The second-order valence-corrected chi connectivity index (χ2v) is 10.2. The molecule has 38 heavy (non-hydrogen) atoms. The Hall–Kier alpha value is -3.70. The van der Waals surface area contributed by atoms with Crippen molar-refractivity contribution in [3.8, 4) is 5.75 Å². The molecule has 1 aliphatic carbocycles. The van der Waals surface area contributed by atoms with Crippen LogP contribution in [0.5, 0.6) is 5.75 Å². The van der Waals surface area contributed by atoms with Crippen molar-refractivity contribution < 1.29 is 19.1 Å². The van der Waals surface area contributed by atoms with Crippen LogP contribution in [0.15, 0.2) is 95.1 Å². The van der Waals surface area contributed by atoms with Crippen LogP contribution in [0, 0.1) is 5.92 Å². The van der Waals surface area contributed by atoms with Gasteiger partial charge in [0.15, 0.2) is 5.78 Å². The van der Waals surface area contributed by atoms with E-state index in [9.17, 15) is 9.59 Å². The minimum atomic E-state index is -0.711. The number of para-hydroxylation sites is 1. The Balaban J connectivity index is 1.49. The fraction of sp³-hybridized carbons (Fsp3) is 0.281. The van der Waals surface area contributed by atoms with Crippen LogP contribution in [0.3, 0.4) is 0 Å². The SMILES string of the molecule is COc1ccccc1[C@@H]1C2=C(C[C@@H](c3ccc(Cl)cc3)CC2=O)N=C(C)C1C(=O)OCCc1ccccc1. The van der Waals surface area contributed by atoms with Crippen LogP contribution in [-0.4, -0.2) is 31.2 Å². The predicted octanol–water partition coefficient (Wildman–Crippen LogP) is 6.71. The number of rotatable bonds is 7. The van der Waals surface area contributed by atoms with Gasteiger partial charge >= 0.3 is 5.97 Å². The van der Waals surface area contributed by atoms with E-state index < -0.39 is 11.8 Å². The summed E-state index contributed by atoms with van der Waals surface area (Å²) in [5.41, 5.74) is 4.92. The molecular formula is C32H30ClNO4. The van der Waals surface area contributed by atoms with Gasteiger partial charge in [-0.2, -0.15) is 0 Å². The van der Waals surface area contributed by atoms with Crippen LogP contribution < -0.4 is 4.74 Å². The summed E-state index contributed by atoms with van der Waals surface area (Å²) >= 11 is 6.09. The Morgan fingerprint density at radius 1 is 0.974 bits per heavy atom. The van der Waals surface area contributed by atoms with Crippen molar-refractivity contribution in [1.29, 1.82) is 0 Å². The van der Waals surface area contributed by atoms with Crippen molar-refractivity contribution in [3.05, 3.63) is 112 Å². The topological polar surface area (TPSA) is 65.0 Å². The summed E-state index contributed by atoms with van der Waals surface area (Å²) in [5.74, 6) is -0.979. The number of carbonyl (C=O) groups is 2. The molecule has 5 rings (SSSR count). The third-order valence-electron chi connectivity index (χ3n) is 7.44. The zero-order chi connectivity index (χ0) is 26.6. The Kier molecular flexibility index (Phi) is 7.75. The van der Waals surface area contributed by atoms with Crippen LogP contribution in [0.4, 0.5) is 0 Å². The number of ether oxygens (including phenoxy) is 2. The molecule has 0 bridgehead atoms. The maximum absolute atomic E-state index is 13.8. The molecule has 5 nitrogen and oxygen atoms in total. The number of hydrogen-bond acceptors (Lipinski definition) is 5. The van der Waals surface area contributed by atoms with Crippen LogP contribution in [-0.2, 0) is 20.7 Å². The summed E-state index contributed by atoms with van der Waals surface area (Å²) in [6.45, 7) is 2.11. The predicted molar refractivity (Wildman–Crippen MR) is 149 cm³/mol. The zero-order valence-electron chi connectivity index (χ0n) is 21.5.